The Hall–Kier alpha value is -4.45. The molecular formula is C30H29F3N6O3. The van der Waals surface area contributed by atoms with Crippen LogP contribution in [0.15, 0.2) is 42.7 Å². The van der Waals surface area contributed by atoms with E-state index < -0.39 is 29.3 Å². The summed E-state index contributed by atoms with van der Waals surface area (Å²) in [6, 6.07) is 5.49. The number of carbonyl (C=O) groups excluding carboxylic acids is 1. The summed E-state index contributed by atoms with van der Waals surface area (Å²) in [6.07, 6.45) is 5.05. The minimum absolute atomic E-state index is 0.0991. The van der Waals surface area contributed by atoms with Gasteiger partial charge in [-0.25, -0.2) is 13.2 Å². The maximum absolute atomic E-state index is 16.4. The van der Waals surface area contributed by atoms with Gasteiger partial charge in [0.05, 0.1) is 10.9 Å². The molecule has 0 unspecified atom stereocenters. The average molecular weight is 579 g/mol. The summed E-state index contributed by atoms with van der Waals surface area (Å²) in [5.41, 5.74) is 4.97. The highest BCUT2D eigenvalue weighted by atomic mass is 19.1. The van der Waals surface area contributed by atoms with Crippen LogP contribution in [0, 0.1) is 11.6 Å². The molecular weight excluding hydrogens is 549 g/mol. The monoisotopic (exact) mass is 578 g/mol. The number of primary amides is 1. The van der Waals surface area contributed by atoms with E-state index in [1.54, 1.807) is 6.92 Å². The van der Waals surface area contributed by atoms with Crippen LogP contribution in [0.4, 0.5) is 19.0 Å². The average Bonchev–Trinajstić information content (AvgIpc) is 3.47. The predicted molar refractivity (Wildman–Crippen MR) is 152 cm³/mol. The number of amides is 1. The summed E-state index contributed by atoms with van der Waals surface area (Å²) >= 11 is 0. The number of nitrogens with zero attached hydrogens (tertiary/aromatic N) is 4. The number of rotatable bonds is 8. The van der Waals surface area contributed by atoms with Gasteiger partial charge in [-0.1, -0.05) is 13.0 Å². The SMILES string of the molecule is CCc1c(F)ccc2cc(O)cc(-c3ncc4c(NC=CC(N)=O)nc(OC[C@@]56CCCN5C[C@H](F)C6)nc4c3F)c12. The van der Waals surface area contributed by atoms with Crippen molar-refractivity contribution >= 4 is 33.4 Å². The Morgan fingerprint density at radius 3 is 2.93 bits per heavy atom. The molecule has 2 saturated heterocycles. The van der Waals surface area contributed by atoms with E-state index in [0.29, 0.717) is 35.7 Å². The first-order valence-corrected chi connectivity index (χ1v) is 13.7. The van der Waals surface area contributed by atoms with Crippen LogP contribution in [-0.4, -0.2) is 62.3 Å². The Bertz CT molecular complexity index is 1750. The molecule has 4 aromatic rings. The lowest BCUT2D eigenvalue weighted by Gasteiger charge is -2.30. The Balaban J connectivity index is 1.48. The van der Waals surface area contributed by atoms with Gasteiger partial charge in [-0.2, -0.15) is 9.97 Å². The number of pyridine rings is 1. The summed E-state index contributed by atoms with van der Waals surface area (Å²) < 4.78 is 51.5. The second-order valence-corrected chi connectivity index (χ2v) is 10.8. The number of nitrogens with two attached hydrogens (primary N) is 1. The van der Waals surface area contributed by atoms with Crippen molar-refractivity contribution in [1.29, 1.82) is 0 Å². The first-order valence-electron chi connectivity index (χ1n) is 13.7. The van der Waals surface area contributed by atoms with Crippen molar-refractivity contribution in [3.05, 3.63) is 59.9 Å². The summed E-state index contributed by atoms with van der Waals surface area (Å²) in [4.78, 5) is 26.4. The predicted octanol–water partition coefficient (Wildman–Crippen LogP) is 4.76. The van der Waals surface area contributed by atoms with E-state index in [1.807, 2.05) is 0 Å². The normalized spacial score (nSPS) is 20.5. The number of nitrogens with one attached hydrogen (secondary N) is 1. The largest absolute Gasteiger partial charge is 0.508 e. The van der Waals surface area contributed by atoms with Gasteiger partial charge in [0.1, 0.15) is 41.4 Å². The number of phenolic OH excluding ortho intramolecular Hbond substituents is 1. The molecule has 4 heterocycles. The van der Waals surface area contributed by atoms with E-state index >= 15 is 4.39 Å². The zero-order chi connectivity index (χ0) is 29.6. The van der Waals surface area contributed by atoms with Crippen molar-refractivity contribution in [3.8, 4) is 23.0 Å². The van der Waals surface area contributed by atoms with Gasteiger partial charge in [-0.3, -0.25) is 14.7 Å². The maximum Gasteiger partial charge on any atom is 0.319 e. The number of ether oxygens (including phenoxy) is 1. The molecule has 9 nitrogen and oxygen atoms in total. The van der Waals surface area contributed by atoms with E-state index in [-0.39, 0.29) is 46.3 Å². The molecule has 2 aliphatic heterocycles. The first-order chi connectivity index (χ1) is 20.2. The Morgan fingerprint density at radius 2 is 2.14 bits per heavy atom. The molecule has 218 valence electrons. The van der Waals surface area contributed by atoms with Gasteiger partial charge in [-0.05, 0) is 60.3 Å². The van der Waals surface area contributed by atoms with Crippen LogP contribution in [0.3, 0.4) is 0 Å². The van der Waals surface area contributed by atoms with E-state index in [2.05, 4.69) is 25.2 Å². The highest BCUT2D eigenvalue weighted by Crippen LogP contribution is 2.41. The van der Waals surface area contributed by atoms with Gasteiger partial charge in [-0.15, -0.1) is 0 Å². The molecule has 0 saturated carbocycles. The number of carbonyl (C=O) groups is 1. The number of alkyl halides is 1. The molecule has 1 amide bonds. The van der Waals surface area contributed by atoms with E-state index in [0.717, 1.165) is 25.5 Å². The third kappa shape index (κ3) is 4.85. The molecule has 0 spiro atoms. The van der Waals surface area contributed by atoms with Crippen molar-refractivity contribution in [3.63, 3.8) is 0 Å². The number of aryl methyl sites for hydroxylation is 1. The molecule has 0 aliphatic carbocycles. The first kappa shape index (κ1) is 27.7. The van der Waals surface area contributed by atoms with Crippen LogP contribution in [0.2, 0.25) is 0 Å². The van der Waals surface area contributed by atoms with Gasteiger partial charge in [0.15, 0.2) is 5.82 Å². The van der Waals surface area contributed by atoms with Gasteiger partial charge in [0.2, 0.25) is 5.91 Å². The fourth-order valence-electron chi connectivity index (χ4n) is 6.28. The number of hydrogen-bond acceptors (Lipinski definition) is 8. The van der Waals surface area contributed by atoms with Crippen molar-refractivity contribution in [1.82, 2.24) is 19.9 Å². The summed E-state index contributed by atoms with van der Waals surface area (Å²) in [5, 5.41) is 14.4. The molecule has 2 aromatic carbocycles. The Kier molecular flexibility index (Phi) is 7.09. The Morgan fingerprint density at radius 1 is 1.31 bits per heavy atom. The molecule has 12 heteroatoms. The molecule has 2 aliphatic rings. The highest BCUT2D eigenvalue weighted by molar-refractivity contribution is 6.01. The molecule has 2 fully saturated rings. The van der Waals surface area contributed by atoms with Crippen LogP contribution in [0.1, 0.15) is 31.7 Å². The van der Waals surface area contributed by atoms with Crippen molar-refractivity contribution in [2.75, 3.05) is 25.0 Å². The number of aromatic nitrogens is 3. The van der Waals surface area contributed by atoms with Crippen LogP contribution >= 0.6 is 0 Å². The lowest BCUT2D eigenvalue weighted by Crippen LogP contribution is -2.43. The third-order valence-electron chi connectivity index (χ3n) is 8.12. The minimum atomic E-state index is -0.955. The van der Waals surface area contributed by atoms with Crippen molar-refractivity contribution in [2.24, 2.45) is 5.73 Å². The molecule has 2 atom stereocenters. The van der Waals surface area contributed by atoms with Gasteiger partial charge < -0.3 is 20.9 Å². The maximum atomic E-state index is 16.4. The van der Waals surface area contributed by atoms with E-state index in [1.165, 1.54) is 36.7 Å². The number of halogens is 3. The molecule has 2 aromatic heterocycles. The molecule has 42 heavy (non-hydrogen) atoms. The lowest BCUT2D eigenvalue weighted by atomic mass is 9.94. The van der Waals surface area contributed by atoms with Gasteiger partial charge in [0, 0.05) is 37.0 Å². The number of fused-ring (bicyclic) bond motifs is 3. The Labute approximate surface area is 239 Å². The smallest absolute Gasteiger partial charge is 0.319 e. The van der Waals surface area contributed by atoms with E-state index in [9.17, 15) is 18.7 Å². The second-order valence-electron chi connectivity index (χ2n) is 10.8. The van der Waals surface area contributed by atoms with Crippen molar-refractivity contribution < 1.29 is 27.8 Å². The standard InChI is InChI=1S/C30H29F3N6O3/c1-2-19-22(32)5-4-16-10-18(40)11-20(24(16)19)26-25(33)27-21(13-36-26)28(35-8-6-23(34)41)38-29(37-27)42-15-30-7-3-9-39(30)14-17(31)12-30/h4-6,8,10-11,13,17,40H,2-3,7,9,12,14-15H2,1H3,(H2,34,41)(H,35,37,38)/t17-,30+/m1/s1. The number of hydrogen-bond donors (Lipinski definition) is 3. The third-order valence-corrected chi connectivity index (χ3v) is 8.12. The fraction of sp³-hybridized carbons (Fsp3) is 0.333. The summed E-state index contributed by atoms with van der Waals surface area (Å²) in [7, 11) is 0. The number of aromatic hydroxyl groups is 1. The van der Waals surface area contributed by atoms with Crippen LogP contribution in [0.25, 0.3) is 32.9 Å². The van der Waals surface area contributed by atoms with Gasteiger partial charge in [0.25, 0.3) is 0 Å². The molecule has 0 bridgehead atoms. The van der Waals surface area contributed by atoms with Gasteiger partial charge >= 0.3 is 6.01 Å². The number of phenols is 1. The van der Waals surface area contributed by atoms with E-state index in [4.69, 9.17) is 10.5 Å². The molecule has 0 radical (unpaired) electrons. The second kappa shape index (κ2) is 10.8. The molecule has 6 rings (SSSR count). The number of benzene rings is 2. The fourth-order valence-corrected chi connectivity index (χ4v) is 6.28. The topological polar surface area (TPSA) is 126 Å². The summed E-state index contributed by atoms with van der Waals surface area (Å²) in [5.74, 6) is -2.04. The number of anilines is 1. The van der Waals surface area contributed by atoms with Crippen molar-refractivity contribution in [2.45, 2.75) is 44.3 Å². The van der Waals surface area contributed by atoms with Crippen LogP contribution in [-0.2, 0) is 11.2 Å². The van der Waals surface area contributed by atoms with Crippen LogP contribution < -0.4 is 15.8 Å². The minimum Gasteiger partial charge on any atom is -0.508 e. The highest BCUT2D eigenvalue weighted by Gasteiger charge is 2.49. The quantitative estimate of drug-likeness (QED) is 0.256. The zero-order valence-corrected chi connectivity index (χ0v) is 22.8. The molecule has 4 N–H and O–H groups in total. The van der Waals surface area contributed by atoms with Crippen LogP contribution in [0.5, 0.6) is 11.8 Å². The summed E-state index contributed by atoms with van der Waals surface area (Å²) in [6.45, 7) is 3.02. The zero-order valence-electron chi connectivity index (χ0n) is 22.8. The lowest BCUT2D eigenvalue weighted by molar-refractivity contribution is -0.113.